The van der Waals surface area contributed by atoms with Gasteiger partial charge < -0.3 is 10.2 Å². The number of carbonyl (C=O) groups is 1. The Labute approximate surface area is 184 Å². The van der Waals surface area contributed by atoms with Crippen molar-refractivity contribution in [2.24, 2.45) is 0 Å². The number of hydrogen-bond donors (Lipinski definition) is 1. The Morgan fingerprint density at radius 1 is 1.06 bits per heavy atom. The van der Waals surface area contributed by atoms with E-state index in [4.69, 9.17) is 11.6 Å². The van der Waals surface area contributed by atoms with Crippen LogP contribution in [-0.2, 0) is 0 Å². The number of aromatic nitrogens is 1. The van der Waals surface area contributed by atoms with Crippen molar-refractivity contribution in [1.82, 2.24) is 9.88 Å². The van der Waals surface area contributed by atoms with Crippen molar-refractivity contribution in [1.29, 1.82) is 0 Å². The van der Waals surface area contributed by atoms with Crippen LogP contribution in [0.3, 0.4) is 0 Å². The van der Waals surface area contributed by atoms with Crippen molar-refractivity contribution < 1.29 is 13.6 Å². The van der Waals surface area contributed by atoms with Gasteiger partial charge in [-0.3, -0.25) is 9.78 Å². The minimum absolute atomic E-state index is 0.0538. The maximum Gasteiger partial charge on any atom is 0.257 e. The molecule has 4 rings (SSSR count). The number of pyridine rings is 1. The van der Waals surface area contributed by atoms with Crippen molar-refractivity contribution in [3.63, 3.8) is 0 Å². The van der Waals surface area contributed by atoms with E-state index in [1.807, 2.05) is 12.1 Å². The lowest BCUT2D eigenvalue weighted by Crippen LogP contribution is -2.38. The first-order valence-corrected chi connectivity index (χ1v) is 10.5. The summed E-state index contributed by atoms with van der Waals surface area (Å²) in [6.45, 7) is 2.83. The normalized spacial score (nSPS) is 14.5. The SMILES string of the molecule is Cc1c(Nc2ccncc2C(=O)N2CCC(c3ccc(F)cc3)CC2)ccc(Cl)c1F. The Morgan fingerprint density at radius 2 is 1.77 bits per heavy atom. The average molecular weight is 442 g/mol. The highest BCUT2D eigenvalue weighted by Gasteiger charge is 2.26. The zero-order valence-corrected chi connectivity index (χ0v) is 17.8. The van der Waals surface area contributed by atoms with Crippen LogP contribution in [0.2, 0.25) is 5.02 Å². The maximum atomic E-state index is 14.2. The summed E-state index contributed by atoms with van der Waals surface area (Å²) in [5, 5.41) is 3.20. The average Bonchev–Trinajstić information content (AvgIpc) is 2.80. The minimum atomic E-state index is -0.489. The number of likely N-dealkylation sites (tertiary alicyclic amines) is 1. The first-order valence-electron chi connectivity index (χ1n) is 10.1. The van der Waals surface area contributed by atoms with Crippen molar-refractivity contribution >= 4 is 28.9 Å². The Morgan fingerprint density at radius 3 is 2.48 bits per heavy atom. The molecule has 0 unspecified atom stereocenters. The molecule has 1 fully saturated rings. The van der Waals surface area contributed by atoms with Gasteiger partial charge >= 0.3 is 0 Å². The summed E-state index contributed by atoms with van der Waals surface area (Å²) in [7, 11) is 0. The largest absolute Gasteiger partial charge is 0.354 e. The Bertz CT molecular complexity index is 1100. The number of anilines is 2. The number of nitrogens with one attached hydrogen (secondary N) is 1. The van der Waals surface area contributed by atoms with Gasteiger partial charge in [-0.1, -0.05) is 23.7 Å². The summed E-state index contributed by atoms with van der Waals surface area (Å²) in [6, 6.07) is 11.4. The highest BCUT2D eigenvalue weighted by atomic mass is 35.5. The van der Waals surface area contributed by atoms with Crippen molar-refractivity contribution in [2.45, 2.75) is 25.7 Å². The monoisotopic (exact) mass is 441 g/mol. The van der Waals surface area contributed by atoms with Gasteiger partial charge in [-0.05, 0) is 61.6 Å². The van der Waals surface area contributed by atoms with Crippen molar-refractivity contribution in [3.8, 4) is 0 Å². The molecule has 3 aromatic rings. The molecule has 0 bridgehead atoms. The molecule has 0 atom stereocenters. The second-order valence-electron chi connectivity index (χ2n) is 7.70. The third-order valence-corrected chi connectivity index (χ3v) is 6.08. The molecule has 31 heavy (non-hydrogen) atoms. The molecular weight excluding hydrogens is 420 g/mol. The molecule has 160 valence electrons. The van der Waals surface area contributed by atoms with E-state index in [9.17, 15) is 13.6 Å². The van der Waals surface area contributed by atoms with Gasteiger partial charge in [-0.2, -0.15) is 0 Å². The summed E-state index contributed by atoms with van der Waals surface area (Å²) in [6.07, 6.45) is 4.73. The predicted octanol–water partition coefficient (Wildman–Crippen LogP) is 6.09. The molecule has 0 aliphatic carbocycles. The number of rotatable bonds is 4. The molecule has 0 radical (unpaired) electrons. The lowest BCUT2D eigenvalue weighted by atomic mass is 9.89. The molecule has 1 N–H and O–H groups in total. The lowest BCUT2D eigenvalue weighted by Gasteiger charge is -2.32. The molecule has 1 aliphatic rings. The summed E-state index contributed by atoms with van der Waals surface area (Å²) in [4.78, 5) is 19.1. The fraction of sp³-hybridized carbons (Fsp3) is 0.250. The molecule has 1 aliphatic heterocycles. The van der Waals surface area contributed by atoms with Gasteiger partial charge in [0.1, 0.15) is 11.6 Å². The number of benzene rings is 2. The van der Waals surface area contributed by atoms with Crippen LogP contribution in [0.5, 0.6) is 0 Å². The summed E-state index contributed by atoms with van der Waals surface area (Å²) in [5.41, 5.74) is 3.00. The van der Waals surface area contributed by atoms with Gasteiger partial charge in [-0.15, -0.1) is 0 Å². The summed E-state index contributed by atoms with van der Waals surface area (Å²) in [5.74, 6) is -0.559. The molecule has 1 aromatic heterocycles. The predicted molar refractivity (Wildman–Crippen MR) is 118 cm³/mol. The first kappa shape index (κ1) is 21.2. The third kappa shape index (κ3) is 4.54. The Hall–Kier alpha value is -2.99. The second kappa shape index (κ2) is 9.02. The summed E-state index contributed by atoms with van der Waals surface area (Å²) >= 11 is 5.84. The van der Waals surface area contributed by atoms with Crippen molar-refractivity contribution in [3.05, 3.63) is 88.2 Å². The number of halogens is 3. The number of hydrogen-bond acceptors (Lipinski definition) is 3. The molecule has 1 amide bonds. The Kier molecular flexibility index (Phi) is 6.18. The topological polar surface area (TPSA) is 45.2 Å². The Balaban J connectivity index is 1.49. The van der Waals surface area contributed by atoms with E-state index in [1.54, 1.807) is 30.2 Å². The molecule has 2 aromatic carbocycles. The smallest absolute Gasteiger partial charge is 0.257 e. The number of nitrogens with zero attached hydrogens (tertiary/aromatic N) is 2. The van der Waals surface area contributed by atoms with Crippen LogP contribution >= 0.6 is 11.6 Å². The van der Waals surface area contributed by atoms with E-state index in [2.05, 4.69) is 10.3 Å². The van der Waals surface area contributed by atoms with E-state index >= 15 is 0 Å². The van der Waals surface area contributed by atoms with E-state index in [0.29, 0.717) is 41.5 Å². The lowest BCUT2D eigenvalue weighted by molar-refractivity contribution is 0.0713. The fourth-order valence-corrected chi connectivity index (χ4v) is 4.13. The first-order chi connectivity index (χ1) is 14.9. The maximum absolute atomic E-state index is 14.2. The number of carbonyl (C=O) groups excluding carboxylic acids is 1. The van der Waals surface area contributed by atoms with Gasteiger partial charge in [0.2, 0.25) is 0 Å². The molecule has 4 nitrogen and oxygen atoms in total. The highest BCUT2D eigenvalue weighted by molar-refractivity contribution is 6.30. The third-order valence-electron chi connectivity index (χ3n) is 5.78. The minimum Gasteiger partial charge on any atom is -0.354 e. The van der Waals surface area contributed by atoms with Crippen LogP contribution in [0.1, 0.15) is 40.2 Å². The van der Waals surface area contributed by atoms with E-state index in [-0.39, 0.29) is 16.7 Å². The molecule has 0 spiro atoms. The number of amides is 1. The molecular formula is C24H22ClF2N3O. The zero-order chi connectivity index (χ0) is 22.0. The van der Waals surface area contributed by atoms with Crippen LogP contribution in [0.4, 0.5) is 20.2 Å². The number of piperidine rings is 1. The van der Waals surface area contributed by atoms with Crippen LogP contribution in [0, 0.1) is 18.6 Å². The van der Waals surface area contributed by atoms with Gasteiger partial charge in [0.15, 0.2) is 0 Å². The van der Waals surface area contributed by atoms with Crippen LogP contribution < -0.4 is 5.32 Å². The zero-order valence-electron chi connectivity index (χ0n) is 17.0. The van der Waals surface area contributed by atoms with Gasteiger partial charge in [0, 0.05) is 36.7 Å². The van der Waals surface area contributed by atoms with E-state index in [1.165, 1.54) is 24.4 Å². The van der Waals surface area contributed by atoms with Crippen LogP contribution in [0.25, 0.3) is 0 Å². The van der Waals surface area contributed by atoms with E-state index in [0.717, 1.165) is 18.4 Å². The molecule has 1 saturated heterocycles. The molecule has 2 heterocycles. The van der Waals surface area contributed by atoms with Crippen LogP contribution in [0.15, 0.2) is 54.9 Å². The van der Waals surface area contributed by atoms with Crippen LogP contribution in [-0.4, -0.2) is 28.9 Å². The van der Waals surface area contributed by atoms with Gasteiger partial charge in [0.25, 0.3) is 5.91 Å². The quantitative estimate of drug-likeness (QED) is 0.533. The highest BCUT2D eigenvalue weighted by Crippen LogP contribution is 2.31. The van der Waals surface area contributed by atoms with Gasteiger partial charge in [0.05, 0.1) is 16.3 Å². The van der Waals surface area contributed by atoms with E-state index < -0.39 is 5.82 Å². The standard InChI is InChI=1S/C24H22ClF2N3O/c1-15-21(7-6-20(25)23(15)27)29-22-8-11-28-14-19(22)24(31)30-12-9-17(10-13-30)16-2-4-18(26)5-3-16/h2-8,11,14,17H,9-10,12-13H2,1H3,(H,28,29). The van der Waals surface area contributed by atoms with Gasteiger partial charge in [-0.25, -0.2) is 8.78 Å². The molecule has 7 heteroatoms. The summed E-state index contributed by atoms with van der Waals surface area (Å²) < 4.78 is 27.3. The molecule has 0 saturated carbocycles. The second-order valence-corrected chi connectivity index (χ2v) is 8.11. The van der Waals surface area contributed by atoms with Crippen molar-refractivity contribution in [2.75, 3.05) is 18.4 Å². The fourth-order valence-electron chi connectivity index (χ4n) is 3.93.